The Kier molecular flexibility index (Phi) is 4.39. The van der Waals surface area contributed by atoms with E-state index >= 15 is 0 Å². The Morgan fingerprint density at radius 3 is 2.64 bits per heavy atom. The van der Waals surface area contributed by atoms with E-state index in [1.165, 1.54) is 29.2 Å². The zero-order valence-corrected chi connectivity index (χ0v) is 13.8. The topological polar surface area (TPSA) is 72.7 Å². The van der Waals surface area contributed by atoms with Crippen molar-refractivity contribution in [2.24, 2.45) is 5.92 Å². The van der Waals surface area contributed by atoms with E-state index < -0.39 is 16.8 Å². The molecule has 1 amide bonds. The number of nitro groups is 1. The van der Waals surface area contributed by atoms with Crippen molar-refractivity contribution in [1.82, 2.24) is 0 Å². The molecular formula is C18H17FN2O4. The Hall–Kier alpha value is -2.96. The van der Waals surface area contributed by atoms with Gasteiger partial charge in [-0.2, -0.15) is 0 Å². The van der Waals surface area contributed by atoms with Crippen LogP contribution in [-0.2, 0) is 11.3 Å². The van der Waals surface area contributed by atoms with Crippen molar-refractivity contribution < 1.29 is 18.8 Å². The molecule has 0 N–H and O–H groups in total. The second kappa shape index (κ2) is 6.51. The summed E-state index contributed by atoms with van der Waals surface area (Å²) in [5.41, 5.74) is 0.641. The first-order valence-electron chi connectivity index (χ1n) is 7.88. The minimum Gasteiger partial charge on any atom is -0.478 e. The van der Waals surface area contributed by atoms with Gasteiger partial charge >= 0.3 is 0 Å². The van der Waals surface area contributed by atoms with Crippen LogP contribution < -0.4 is 9.64 Å². The normalized spacial score (nSPS) is 16.6. The number of halogens is 1. The van der Waals surface area contributed by atoms with E-state index in [1.54, 1.807) is 18.2 Å². The molecule has 1 atom stereocenters. The summed E-state index contributed by atoms with van der Waals surface area (Å²) in [7, 11) is 0. The highest BCUT2D eigenvalue weighted by Gasteiger charge is 2.37. The molecule has 6 nitrogen and oxygen atoms in total. The van der Waals surface area contributed by atoms with Gasteiger partial charge in [0, 0.05) is 11.6 Å². The van der Waals surface area contributed by atoms with E-state index in [0.29, 0.717) is 11.3 Å². The molecule has 0 saturated heterocycles. The third-order valence-electron chi connectivity index (χ3n) is 4.10. The zero-order valence-electron chi connectivity index (χ0n) is 13.8. The Morgan fingerprint density at radius 2 is 2.00 bits per heavy atom. The van der Waals surface area contributed by atoms with E-state index in [0.717, 1.165) is 0 Å². The summed E-state index contributed by atoms with van der Waals surface area (Å²) in [6.45, 7) is 3.68. The van der Waals surface area contributed by atoms with Gasteiger partial charge in [-0.15, -0.1) is 0 Å². The van der Waals surface area contributed by atoms with Gasteiger partial charge in [0.25, 0.3) is 11.6 Å². The summed E-state index contributed by atoms with van der Waals surface area (Å²) < 4.78 is 19.7. The molecule has 1 unspecified atom stereocenters. The molecule has 3 rings (SSSR count). The first-order valence-corrected chi connectivity index (χ1v) is 7.88. The molecule has 25 heavy (non-hydrogen) atoms. The SMILES string of the molecule is CC(C)C1Oc2cc([N+](=O)[O-])ccc2N(Cc2ccccc2F)C1=O. The van der Waals surface area contributed by atoms with Gasteiger partial charge < -0.3 is 9.64 Å². The van der Waals surface area contributed by atoms with Gasteiger partial charge in [-0.25, -0.2) is 4.39 Å². The summed E-state index contributed by atoms with van der Waals surface area (Å²) in [5, 5.41) is 11.0. The third-order valence-corrected chi connectivity index (χ3v) is 4.10. The van der Waals surface area contributed by atoms with Crippen LogP contribution >= 0.6 is 0 Å². The second-order valence-electron chi connectivity index (χ2n) is 6.21. The maximum absolute atomic E-state index is 14.0. The van der Waals surface area contributed by atoms with Crippen molar-refractivity contribution in [3.63, 3.8) is 0 Å². The Morgan fingerprint density at radius 1 is 1.28 bits per heavy atom. The number of nitrogens with zero attached hydrogens (tertiary/aromatic N) is 2. The van der Waals surface area contributed by atoms with Gasteiger partial charge in [0.2, 0.25) is 0 Å². The number of nitro benzene ring substituents is 1. The third kappa shape index (κ3) is 3.17. The van der Waals surface area contributed by atoms with Crippen LogP contribution in [0.4, 0.5) is 15.8 Å². The number of fused-ring (bicyclic) bond motifs is 1. The Bertz CT molecular complexity index is 838. The number of non-ortho nitro benzene ring substituents is 1. The van der Waals surface area contributed by atoms with Crippen LogP contribution in [0, 0.1) is 21.8 Å². The van der Waals surface area contributed by atoms with Crippen molar-refractivity contribution in [3.05, 3.63) is 64.0 Å². The minimum atomic E-state index is -0.777. The van der Waals surface area contributed by atoms with E-state index in [2.05, 4.69) is 0 Å². The van der Waals surface area contributed by atoms with Crippen LogP contribution in [0.15, 0.2) is 42.5 Å². The highest BCUT2D eigenvalue weighted by molar-refractivity contribution is 6.00. The van der Waals surface area contributed by atoms with Crippen LogP contribution in [-0.4, -0.2) is 16.9 Å². The van der Waals surface area contributed by atoms with Crippen molar-refractivity contribution >= 4 is 17.3 Å². The summed E-state index contributed by atoms with van der Waals surface area (Å²) in [4.78, 5) is 24.7. The molecule has 1 aliphatic heterocycles. The number of hydrogen-bond acceptors (Lipinski definition) is 4. The van der Waals surface area contributed by atoms with Gasteiger partial charge in [0.1, 0.15) is 5.82 Å². The van der Waals surface area contributed by atoms with E-state index in [9.17, 15) is 19.3 Å². The number of benzene rings is 2. The highest BCUT2D eigenvalue weighted by Crippen LogP contribution is 2.39. The van der Waals surface area contributed by atoms with Crippen LogP contribution in [0.1, 0.15) is 19.4 Å². The fourth-order valence-electron chi connectivity index (χ4n) is 2.77. The molecule has 2 aromatic rings. The first kappa shape index (κ1) is 16.9. The average Bonchev–Trinajstić information content (AvgIpc) is 2.58. The number of amides is 1. The smallest absolute Gasteiger partial charge is 0.273 e. The van der Waals surface area contributed by atoms with Gasteiger partial charge in [0.15, 0.2) is 11.9 Å². The molecule has 0 bridgehead atoms. The second-order valence-corrected chi connectivity index (χ2v) is 6.21. The first-order chi connectivity index (χ1) is 11.9. The van der Waals surface area contributed by atoms with Gasteiger partial charge in [-0.05, 0) is 18.1 Å². The lowest BCUT2D eigenvalue weighted by molar-refractivity contribution is -0.384. The van der Waals surface area contributed by atoms with Crippen molar-refractivity contribution in [1.29, 1.82) is 0 Å². The monoisotopic (exact) mass is 344 g/mol. The van der Waals surface area contributed by atoms with Crippen LogP contribution in [0.2, 0.25) is 0 Å². The van der Waals surface area contributed by atoms with Crippen LogP contribution in [0.25, 0.3) is 0 Å². The number of carbonyl (C=O) groups is 1. The molecule has 0 fully saturated rings. The van der Waals surface area contributed by atoms with E-state index in [1.807, 2.05) is 13.8 Å². The fraction of sp³-hybridized carbons (Fsp3) is 0.278. The molecule has 2 aromatic carbocycles. The summed E-state index contributed by atoms with van der Waals surface area (Å²) in [6.07, 6.45) is -0.777. The van der Waals surface area contributed by atoms with Gasteiger partial charge in [0.05, 0.1) is 23.2 Å². The van der Waals surface area contributed by atoms with Gasteiger partial charge in [-0.1, -0.05) is 32.0 Å². The summed E-state index contributed by atoms with van der Waals surface area (Å²) in [6, 6.07) is 10.3. The number of ether oxygens (including phenoxy) is 1. The molecule has 1 heterocycles. The Balaban J connectivity index is 2.05. The fourth-order valence-corrected chi connectivity index (χ4v) is 2.77. The lowest BCUT2D eigenvalue weighted by Crippen LogP contribution is -2.48. The number of rotatable bonds is 4. The van der Waals surface area contributed by atoms with E-state index in [-0.39, 0.29) is 29.8 Å². The van der Waals surface area contributed by atoms with Crippen LogP contribution in [0.5, 0.6) is 5.75 Å². The number of carbonyl (C=O) groups excluding carboxylic acids is 1. The molecule has 1 aliphatic rings. The van der Waals surface area contributed by atoms with E-state index in [4.69, 9.17) is 4.74 Å². The molecule has 0 aromatic heterocycles. The Labute approximate surface area is 144 Å². The quantitative estimate of drug-likeness (QED) is 0.626. The van der Waals surface area contributed by atoms with Crippen molar-refractivity contribution in [2.45, 2.75) is 26.5 Å². The molecule has 0 aliphatic carbocycles. The maximum Gasteiger partial charge on any atom is 0.273 e. The predicted molar refractivity (Wildman–Crippen MR) is 89.9 cm³/mol. The van der Waals surface area contributed by atoms with Crippen molar-refractivity contribution in [2.75, 3.05) is 4.90 Å². The molecule has 0 saturated carbocycles. The van der Waals surface area contributed by atoms with Gasteiger partial charge in [-0.3, -0.25) is 14.9 Å². The van der Waals surface area contributed by atoms with Crippen LogP contribution in [0.3, 0.4) is 0 Å². The summed E-state index contributed by atoms with van der Waals surface area (Å²) in [5.74, 6) is -0.585. The number of hydrogen-bond donors (Lipinski definition) is 0. The molecule has 0 radical (unpaired) electrons. The highest BCUT2D eigenvalue weighted by atomic mass is 19.1. The molecule has 0 spiro atoms. The largest absolute Gasteiger partial charge is 0.478 e. The molecular weight excluding hydrogens is 327 g/mol. The maximum atomic E-state index is 14.0. The van der Waals surface area contributed by atoms with Crippen molar-refractivity contribution in [3.8, 4) is 5.75 Å². The lowest BCUT2D eigenvalue weighted by Gasteiger charge is -2.36. The standard InChI is InChI=1S/C18H17FN2O4/c1-11(2)17-18(22)20(10-12-5-3-4-6-14(12)19)15-8-7-13(21(23)24)9-16(15)25-17/h3-9,11,17H,10H2,1-2H3. The number of anilines is 1. The summed E-state index contributed by atoms with van der Waals surface area (Å²) >= 11 is 0. The lowest BCUT2D eigenvalue weighted by atomic mass is 10.0. The average molecular weight is 344 g/mol. The minimum absolute atomic E-state index is 0.0307. The molecule has 130 valence electrons. The molecule has 7 heteroatoms. The zero-order chi connectivity index (χ0) is 18.1. The predicted octanol–water partition coefficient (Wildman–Crippen LogP) is 3.68.